The number of rotatable bonds is 3. The van der Waals surface area contributed by atoms with Gasteiger partial charge in [-0.05, 0) is 48.1 Å². The van der Waals surface area contributed by atoms with Gasteiger partial charge in [0.2, 0.25) is 0 Å². The van der Waals surface area contributed by atoms with Gasteiger partial charge in [-0.15, -0.1) is 0 Å². The summed E-state index contributed by atoms with van der Waals surface area (Å²) in [5, 5.41) is 17.7. The van der Waals surface area contributed by atoms with Crippen LogP contribution in [0.3, 0.4) is 0 Å². The molecule has 2 unspecified atom stereocenters. The number of carbonyl (C=O) groups excluding carboxylic acids is 1. The number of aliphatic hydroxyl groups is 1. The number of anilines is 1. The predicted molar refractivity (Wildman–Crippen MR) is 88.9 cm³/mol. The van der Waals surface area contributed by atoms with Crippen molar-refractivity contribution in [2.24, 2.45) is 5.92 Å². The van der Waals surface area contributed by atoms with E-state index in [1.54, 1.807) is 0 Å². The molecule has 4 nitrogen and oxygen atoms in total. The second-order valence-electron chi connectivity index (χ2n) is 6.08. The molecule has 0 aliphatic heterocycles. The van der Waals surface area contributed by atoms with Crippen LogP contribution >= 0.6 is 0 Å². The van der Waals surface area contributed by atoms with E-state index >= 15 is 0 Å². The maximum Gasteiger partial charge on any atom is 0.319 e. The highest BCUT2D eigenvalue weighted by Gasteiger charge is 2.20. The Kier molecular flexibility index (Phi) is 4.59. The quantitative estimate of drug-likeness (QED) is 0.812. The number of hydrogen-bond acceptors (Lipinski definition) is 2. The van der Waals surface area contributed by atoms with Crippen molar-refractivity contribution < 1.29 is 9.90 Å². The van der Waals surface area contributed by atoms with Crippen LogP contribution in [-0.2, 0) is 0 Å². The molecule has 0 aromatic heterocycles. The molecular formula is C18H22N2O2. The molecule has 1 saturated carbocycles. The first-order chi connectivity index (χ1) is 10.7. The minimum absolute atomic E-state index is 0.185. The zero-order valence-electron chi connectivity index (χ0n) is 12.6. The fraction of sp³-hybridized carbons (Fsp3) is 0.389. The number of carbonyl (C=O) groups is 1. The van der Waals surface area contributed by atoms with Gasteiger partial charge >= 0.3 is 6.03 Å². The Hall–Kier alpha value is -2.07. The Morgan fingerprint density at radius 3 is 2.77 bits per heavy atom. The van der Waals surface area contributed by atoms with Crippen molar-refractivity contribution in [3.05, 3.63) is 42.5 Å². The lowest BCUT2D eigenvalue weighted by Crippen LogP contribution is -2.35. The molecule has 1 fully saturated rings. The summed E-state index contributed by atoms with van der Waals surface area (Å²) in [5.41, 5.74) is 0.792. The third-order valence-corrected chi connectivity index (χ3v) is 4.31. The van der Waals surface area contributed by atoms with E-state index in [1.807, 2.05) is 42.5 Å². The lowest BCUT2D eigenvalue weighted by molar-refractivity contribution is 0.101. The molecule has 2 amide bonds. The van der Waals surface area contributed by atoms with Gasteiger partial charge in [-0.3, -0.25) is 0 Å². The van der Waals surface area contributed by atoms with Crippen LogP contribution in [-0.4, -0.2) is 23.8 Å². The second-order valence-corrected chi connectivity index (χ2v) is 6.08. The largest absolute Gasteiger partial charge is 0.393 e. The van der Waals surface area contributed by atoms with Gasteiger partial charge in [0.15, 0.2) is 0 Å². The fourth-order valence-electron chi connectivity index (χ4n) is 3.13. The molecule has 2 aromatic rings. The van der Waals surface area contributed by atoms with E-state index in [2.05, 4.69) is 10.6 Å². The molecule has 0 saturated heterocycles. The first-order valence-electron chi connectivity index (χ1n) is 7.92. The third-order valence-electron chi connectivity index (χ3n) is 4.31. The van der Waals surface area contributed by atoms with Gasteiger partial charge in [-0.2, -0.15) is 0 Å². The number of nitrogens with one attached hydrogen (secondary N) is 2. The number of fused-ring (bicyclic) bond motifs is 1. The smallest absolute Gasteiger partial charge is 0.319 e. The van der Waals surface area contributed by atoms with E-state index in [0.717, 1.165) is 42.1 Å². The van der Waals surface area contributed by atoms with Crippen molar-refractivity contribution in [3.63, 3.8) is 0 Å². The van der Waals surface area contributed by atoms with E-state index in [4.69, 9.17) is 0 Å². The van der Waals surface area contributed by atoms with Gasteiger partial charge < -0.3 is 15.7 Å². The number of benzene rings is 2. The van der Waals surface area contributed by atoms with Crippen LogP contribution in [0, 0.1) is 5.92 Å². The first-order valence-corrected chi connectivity index (χ1v) is 7.92. The average Bonchev–Trinajstić information content (AvgIpc) is 2.53. The van der Waals surface area contributed by atoms with E-state index in [-0.39, 0.29) is 12.1 Å². The topological polar surface area (TPSA) is 61.4 Å². The van der Waals surface area contributed by atoms with Crippen molar-refractivity contribution >= 4 is 22.5 Å². The van der Waals surface area contributed by atoms with Crippen molar-refractivity contribution in [3.8, 4) is 0 Å². The van der Waals surface area contributed by atoms with Gasteiger partial charge in [0.25, 0.3) is 0 Å². The maximum absolute atomic E-state index is 12.0. The molecule has 1 aliphatic rings. The average molecular weight is 298 g/mol. The van der Waals surface area contributed by atoms with Gasteiger partial charge in [0.1, 0.15) is 0 Å². The van der Waals surface area contributed by atoms with Crippen LogP contribution in [0.5, 0.6) is 0 Å². The fourth-order valence-corrected chi connectivity index (χ4v) is 3.13. The molecule has 2 atom stereocenters. The second kappa shape index (κ2) is 6.79. The zero-order chi connectivity index (χ0) is 15.4. The molecule has 22 heavy (non-hydrogen) atoms. The molecule has 0 spiro atoms. The number of amides is 2. The summed E-state index contributed by atoms with van der Waals surface area (Å²) in [6.45, 7) is 0.622. The highest BCUT2D eigenvalue weighted by Crippen LogP contribution is 2.23. The summed E-state index contributed by atoms with van der Waals surface area (Å²) in [5.74, 6) is 0.381. The Morgan fingerprint density at radius 2 is 1.95 bits per heavy atom. The zero-order valence-corrected chi connectivity index (χ0v) is 12.6. The molecular weight excluding hydrogens is 276 g/mol. The summed E-state index contributed by atoms with van der Waals surface area (Å²) < 4.78 is 0. The summed E-state index contributed by atoms with van der Waals surface area (Å²) in [7, 11) is 0. The number of urea groups is 1. The predicted octanol–water partition coefficient (Wildman–Crippen LogP) is 3.51. The van der Waals surface area contributed by atoms with Gasteiger partial charge in [-0.1, -0.05) is 36.8 Å². The van der Waals surface area contributed by atoms with Crippen molar-refractivity contribution in [1.82, 2.24) is 5.32 Å². The van der Waals surface area contributed by atoms with Crippen LogP contribution in [0.15, 0.2) is 42.5 Å². The van der Waals surface area contributed by atoms with Crippen molar-refractivity contribution in [2.45, 2.75) is 31.8 Å². The Morgan fingerprint density at radius 1 is 1.14 bits per heavy atom. The number of aliphatic hydroxyl groups excluding tert-OH is 1. The molecule has 116 valence electrons. The lowest BCUT2D eigenvalue weighted by atomic mass is 9.87. The SMILES string of the molecule is O=C(NCC1CCCC(O)C1)Nc1ccc2ccccc2c1. The molecule has 3 N–H and O–H groups in total. The molecule has 0 radical (unpaired) electrons. The minimum Gasteiger partial charge on any atom is -0.393 e. The normalized spacial score (nSPS) is 21.5. The monoisotopic (exact) mass is 298 g/mol. The summed E-state index contributed by atoms with van der Waals surface area (Å²) in [4.78, 5) is 12.0. The van der Waals surface area contributed by atoms with E-state index < -0.39 is 0 Å². The minimum atomic E-state index is -0.205. The van der Waals surface area contributed by atoms with Gasteiger partial charge in [0.05, 0.1) is 6.10 Å². The highest BCUT2D eigenvalue weighted by molar-refractivity contribution is 5.93. The van der Waals surface area contributed by atoms with Crippen LogP contribution in [0.1, 0.15) is 25.7 Å². The van der Waals surface area contributed by atoms with E-state index in [0.29, 0.717) is 12.5 Å². The van der Waals surface area contributed by atoms with Crippen LogP contribution in [0.2, 0.25) is 0 Å². The Bertz CT molecular complexity index is 656. The van der Waals surface area contributed by atoms with E-state index in [9.17, 15) is 9.90 Å². The van der Waals surface area contributed by atoms with Crippen LogP contribution in [0.25, 0.3) is 10.8 Å². The van der Waals surface area contributed by atoms with Gasteiger partial charge in [-0.25, -0.2) is 4.79 Å². The van der Waals surface area contributed by atoms with Crippen LogP contribution < -0.4 is 10.6 Å². The maximum atomic E-state index is 12.0. The summed E-state index contributed by atoms with van der Waals surface area (Å²) in [6, 6.07) is 13.8. The van der Waals surface area contributed by atoms with Crippen LogP contribution in [0.4, 0.5) is 10.5 Å². The number of hydrogen-bond donors (Lipinski definition) is 3. The van der Waals surface area contributed by atoms with Crippen molar-refractivity contribution in [1.29, 1.82) is 0 Å². The summed E-state index contributed by atoms with van der Waals surface area (Å²) >= 11 is 0. The molecule has 2 aromatic carbocycles. The molecule has 3 rings (SSSR count). The highest BCUT2D eigenvalue weighted by atomic mass is 16.3. The van der Waals surface area contributed by atoms with E-state index in [1.165, 1.54) is 0 Å². The Labute approximate surface area is 130 Å². The molecule has 0 heterocycles. The first kappa shape index (κ1) is 14.9. The van der Waals surface area contributed by atoms with Gasteiger partial charge in [0, 0.05) is 12.2 Å². The molecule has 1 aliphatic carbocycles. The lowest BCUT2D eigenvalue weighted by Gasteiger charge is -2.25. The summed E-state index contributed by atoms with van der Waals surface area (Å²) in [6.07, 6.45) is 3.59. The molecule has 0 bridgehead atoms. The standard InChI is InChI=1S/C18H22N2O2/c21-17-7-3-4-13(10-17)12-19-18(22)20-16-9-8-14-5-1-2-6-15(14)11-16/h1-2,5-6,8-9,11,13,17,21H,3-4,7,10,12H2,(H2,19,20,22). The van der Waals surface area contributed by atoms with Crippen molar-refractivity contribution in [2.75, 3.05) is 11.9 Å². The third kappa shape index (κ3) is 3.77. The Balaban J connectivity index is 1.54. The molecule has 4 heteroatoms.